The van der Waals surface area contributed by atoms with E-state index in [1.54, 1.807) is 0 Å². The Balaban J connectivity index is 2.52. The highest BCUT2D eigenvalue weighted by molar-refractivity contribution is 5.68. The van der Waals surface area contributed by atoms with Gasteiger partial charge >= 0.3 is 5.97 Å². The number of ether oxygens (including phenoxy) is 1. The van der Waals surface area contributed by atoms with Crippen molar-refractivity contribution >= 4 is 12.2 Å². The largest absolute Gasteiger partial charge is 0.479 e. The molecule has 0 aromatic carbocycles. The zero-order valence-electron chi connectivity index (χ0n) is 6.30. The van der Waals surface area contributed by atoms with Crippen molar-refractivity contribution in [2.75, 3.05) is 6.61 Å². The number of carbonyl (C=O) groups is 1. The van der Waals surface area contributed by atoms with Crippen molar-refractivity contribution in [1.29, 1.82) is 0 Å². The molecule has 5 nitrogen and oxygen atoms in total. The lowest BCUT2D eigenvalue weighted by Gasteiger charge is -1.95. The maximum atomic E-state index is 10.1. The molecule has 1 aromatic heterocycles. The number of hydrogen-bond donors (Lipinski definition) is 1. The zero-order valence-corrected chi connectivity index (χ0v) is 6.30. The van der Waals surface area contributed by atoms with Crippen molar-refractivity contribution in [2.45, 2.75) is 0 Å². The van der Waals surface area contributed by atoms with Gasteiger partial charge in [-0.1, -0.05) is 6.58 Å². The number of carboxylic acids is 1. The first-order valence-electron chi connectivity index (χ1n) is 3.23. The fourth-order valence-corrected chi connectivity index (χ4v) is 0.640. The summed E-state index contributed by atoms with van der Waals surface area (Å²) < 4.78 is 6.25. The van der Waals surface area contributed by atoms with Crippen molar-refractivity contribution < 1.29 is 14.6 Å². The van der Waals surface area contributed by atoms with Gasteiger partial charge in [-0.2, -0.15) is 5.10 Å². The first-order valence-corrected chi connectivity index (χ1v) is 3.23. The van der Waals surface area contributed by atoms with Gasteiger partial charge in [0.2, 0.25) is 0 Å². The maximum Gasteiger partial charge on any atom is 0.341 e. The van der Waals surface area contributed by atoms with E-state index < -0.39 is 5.97 Å². The third-order valence-corrected chi connectivity index (χ3v) is 1.13. The van der Waals surface area contributed by atoms with Gasteiger partial charge in [0, 0.05) is 6.20 Å². The van der Waals surface area contributed by atoms with Crippen molar-refractivity contribution in [3.8, 4) is 5.75 Å². The highest BCUT2D eigenvalue weighted by Crippen LogP contribution is 2.07. The molecule has 0 aliphatic heterocycles. The lowest BCUT2D eigenvalue weighted by Crippen LogP contribution is -2.08. The molecule has 12 heavy (non-hydrogen) atoms. The second-order valence-electron chi connectivity index (χ2n) is 2.02. The topological polar surface area (TPSA) is 64.3 Å². The molecular weight excluding hydrogens is 160 g/mol. The van der Waals surface area contributed by atoms with Gasteiger partial charge in [0.25, 0.3) is 0 Å². The lowest BCUT2D eigenvalue weighted by molar-refractivity contribution is -0.139. The molecule has 5 heteroatoms. The summed E-state index contributed by atoms with van der Waals surface area (Å²) in [6, 6.07) is 0. The molecule has 0 unspecified atom stereocenters. The normalized spacial score (nSPS) is 9.33. The van der Waals surface area contributed by atoms with Gasteiger partial charge < -0.3 is 9.84 Å². The minimum Gasteiger partial charge on any atom is -0.479 e. The average Bonchev–Trinajstić information content (AvgIpc) is 2.48. The van der Waals surface area contributed by atoms with Crippen LogP contribution in [0.15, 0.2) is 19.0 Å². The molecule has 1 aromatic rings. The number of carboxylic acid groups (broad SMARTS) is 1. The Morgan fingerprint density at radius 2 is 2.67 bits per heavy atom. The van der Waals surface area contributed by atoms with Gasteiger partial charge in [0.1, 0.15) is 0 Å². The van der Waals surface area contributed by atoms with E-state index >= 15 is 0 Å². The molecule has 1 N–H and O–H groups in total. The fourth-order valence-electron chi connectivity index (χ4n) is 0.640. The van der Waals surface area contributed by atoms with Crippen LogP contribution in [-0.4, -0.2) is 27.5 Å². The summed E-state index contributed by atoms with van der Waals surface area (Å²) in [6.45, 7) is 3.11. The Morgan fingerprint density at radius 1 is 1.92 bits per heavy atom. The standard InChI is InChI=1S/C7H8N2O3/c1-2-9-4-6(3-8-9)12-5-7(10)11/h2-4H,1,5H2,(H,10,11). The molecule has 0 saturated carbocycles. The van der Waals surface area contributed by atoms with Crippen molar-refractivity contribution in [3.05, 3.63) is 19.0 Å². The van der Waals surface area contributed by atoms with E-state index in [0.29, 0.717) is 5.75 Å². The third-order valence-electron chi connectivity index (χ3n) is 1.13. The summed E-state index contributed by atoms with van der Waals surface area (Å²) >= 11 is 0. The van der Waals surface area contributed by atoms with Crippen LogP contribution in [0.3, 0.4) is 0 Å². The Kier molecular flexibility index (Phi) is 2.47. The summed E-state index contributed by atoms with van der Waals surface area (Å²) in [5.41, 5.74) is 0. The van der Waals surface area contributed by atoms with Crippen molar-refractivity contribution in [3.63, 3.8) is 0 Å². The van der Waals surface area contributed by atoms with Gasteiger partial charge in [-0.15, -0.1) is 0 Å². The molecule has 0 atom stereocenters. The molecule has 1 rings (SSSR count). The third kappa shape index (κ3) is 2.12. The van der Waals surface area contributed by atoms with E-state index in [-0.39, 0.29) is 6.61 Å². The highest BCUT2D eigenvalue weighted by atomic mass is 16.5. The van der Waals surface area contributed by atoms with Crippen molar-refractivity contribution in [2.24, 2.45) is 0 Å². The van der Waals surface area contributed by atoms with Gasteiger partial charge in [-0.05, 0) is 0 Å². The average molecular weight is 168 g/mol. The Hall–Kier alpha value is -1.78. The van der Waals surface area contributed by atoms with Crippen LogP contribution in [0.2, 0.25) is 0 Å². The van der Waals surface area contributed by atoms with E-state index in [1.807, 2.05) is 0 Å². The monoisotopic (exact) mass is 168 g/mol. The SMILES string of the molecule is C=Cn1cc(OCC(=O)O)cn1. The quantitative estimate of drug-likeness (QED) is 0.708. The molecule has 0 radical (unpaired) electrons. The lowest BCUT2D eigenvalue weighted by atomic mass is 10.6. The second-order valence-corrected chi connectivity index (χ2v) is 2.02. The summed E-state index contributed by atoms with van der Waals surface area (Å²) in [4.78, 5) is 10.1. The highest BCUT2D eigenvalue weighted by Gasteiger charge is 2.00. The van der Waals surface area contributed by atoms with Crippen LogP contribution in [-0.2, 0) is 4.79 Å². The molecule has 0 fully saturated rings. The fraction of sp³-hybridized carbons (Fsp3) is 0.143. The smallest absolute Gasteiger partial charge is 0.341 e. The molecule has 0 bridgehead atoms. The van der Waals surface area contributed by atoms with E-state index in [0.717, 1.165) is 0 Å². The predicted molar refractivity (Wildman–Crippen MR) is 41.7 cm³/mol. The molecule has 0 aliphatic rings. The van der Waals surface area contributed by atoms with Gasteiger partial charge in [0.05, 0.1) is 12.4 Å². The number of aromatic nitrogens is 2. The maximum absolute atomic E-state index is 10.1. The van der Waals surface area contributed by atoms with Crippen LogP contribution >= 0.6 is 0 Å². The minimum atomic E-state index is -1.01. The zero-order chi connectivity index (χ0) is 8.97. The van der Waals surface area contributed by atoms with Crippen LogP contribution in [0, 0.1) is 0 Å². The molecule has 1 heterocycles. The summed E-state index contributed by atoms with van der Waals surface area (Å²) in [5, 5.41) is 12.1. The first-order chi connectivity index (χ1) is 5.72. The van der Waals surface area contributed by atoms with E-state index in [9.17, 15) is 4.79 Å². The second kappa shape index (κ2) is 3.56. The number of hydrogen-bond acceptors (Lipinski definition) is 3. The van der Waals surface area contributed by atoms with E-state index in [1.165, 1.54) is 23.3 Å². The summed E-state index contributed by atoms with van der Waals surface area (Å²) in [5.74, 6) is -0.598. The Labute approximate surface area is 68.9 Å². The van der Waals surface area contributed by atoms with Crippen LogP contribution in [0.1, 0.15) is 0 Å². The van der Waals surface area contributed by atoms with Gasteiger partial charge in [-0.25, -0.2) is 9.48 Å². The molecule has 0 spiro atoms. The number of nitrogens with zero attached hydrogens (tertiary/aromatic N) is 2. The van der Waals surface area contributed by atoms with Crippen LogP contribution in [0.5, 0.6) is 5.75 Å². The summed E-state index contributed by atoms with van der Waals surface area (Å²) in [7, 11) is 0. The van der Waals surface area contributed by atoms with E-state index in [2.05, 4.69) is 11.7 Å². The molecule has 0 amide bonds. The molecule has 0 saturated heterocycles. The van der Waals surface area contributed by atoms with Gasteiger partial charge in [0.15, 0.2) is 12.4 Å². The molecule has 0 aliphatic carbocycles. The summed E-state index contributed by atoms with van der Waals surface area (Å²) in [6.07, 6.45) is 4.44. The minimum absolute atomic E-state index is 0.358. The molecular formula is C7H8N2O3. The number of aliphatic carboxylic acids is 1. The Morgan fingerprint density at radius 3 is 3.17 bits per heavy atom. The van der Waals surface area contributed by atoms with Gasteiger partial charge in [-0.3, -0.25) is 0 Å². The molecule has 64 valence electrons. The Bertz CT molecular complexity index is 293. The van der Waals surface area contributed by atoms with Crippen LogP contribution in [0.25, 0.3) is 6.20 Å². The first kappa shape index (κ1) is 8.32. The predicted octanol–water partition coefficient (Wildman–Crippen LogP) is 0.447. The van der Waals surface area contributed by atoms with E-state index in [4.69, 9.17) is 9.84 Å². The van der Waals surface area contributed by atoms with Crippen LogP contribution < -0.4 is 4.74 Å². The number of rotatable bonds is 4. The van der Waals surface area contributed by atoms with Crippen LogP contribution in [0.4, 0.5) is 0 Å². The van der Waals surface area contributed by atoms with Crippen molar-refractivity contribution in [1.82, 2.24) is 9.78 Å².